The van der Waals surface area contributed by atoms with Crippen molar-refractivity contribution in [2.45, 2.75) is 38.3 Å². The zero-order valence-electron chi connectivity index (χ0n) is 8.78. The molecule has 0 radical (unpaired) electrons. The summed E-state index contributed by atoms with van der Waals surface area (Å²) >= 11 is 0. The van der Waals surface area contributed by atoms with E-state index < -0.39 is 0 Å². The zero-order valence-corrected chi connectivity index (χ0v) is 8.78. The Morgan fingerprint density at radius 2 is 2.29 bits per heavy atom. The third-order valence-electron chi connectivity index (χ3n) is 3.49. The van der Waals surface area contributed by atoms with Crippen LogP contribution in [0.15, 0.2) is 0 Å². The molecule has 2 fully saturated rings. The lowest BCUT2D eigenvalue weighted by atomic mass is 10.0. The first kappa shape index (κ1) is 9.95. The maximum Gasteiger partial charge on any atom is 0.0672 e. The molecule has 2 aliphatic rings. The summed E-state index contributed by atoms with van der Waals surface area (Å²) in [6.07, 6.45) is 3.50. The van der Waals surface area contributed by atoms with E-state index in [1.165, 1.54) is 12.8 Å². The van der Waals surface area contributed by atoms with Crippen LogP contribution in [-0.2, 0) is 4.74 Å². The Bertz CT molecular complexity index is 236. The van der Waals surface area contributed by atoms with Gasteiger partial charge in [0.25, 0.3) is 0 Å². The van der Waals surface area contributed by atoms with E-state index in [0.717, 1.165) is 26.2 Å². The minimum Gasteiger partial charge on any atom is -0.379 e. The summed E-state index contributed by atoms with van der Waals surface area (Å²) in [7, 11) is 0. The van der Waals surface area contributed by atoms with Gasteiger partial charge in [0.2, 0.25) is 0 Å². The molecule has 1 heterocycles. The van der Waals surface area contributed by atoms with Crippen LogP contribution >= 0.6 is 0 Å². The van der Waals surface area contributed by atoms with Crippen LogP contribution in [0.25, 0.3) is 0 Å². The number of hydrogen-bond donors (Lipinski definition) is 0. The molecule has 0 amide bonds. The van der Waals surface area contributed by atoms with E-state index >= 15 is 0 Å². The van der Waals surface area contributed by atoms with E-state index in [1.54, 1.807) is 0 Å². The molecule has 0 spiro atoms. The van der Waals surface area contributed by atoms with Gasteiger partial charge in [-0.05, 0) is 19.8 Å². The molecule has 0 aromatic rings. The third-order valence-corrected chi connectivity index (χ3v) is 3.49. The highest BCUT2D eigenvalue weighted by atomic mass is 16.5. The van der Waals surface area contributed by atoms with Crippen molar-refractivity contribution >= 4 is 0 Å². The summed E-state index contributed by atoms with van der Waals surface area (Å²) in [6.45, 7) is 4.86. The Morgan fingerprint density at radius 3 is 3.00 bits per heavy atom. The molecule has 1 saturated carbocycles. The van der Waals surface area contributed by atoms with E-state index in [4.69, 9.17) is 10.00 Å². The van der Waals surface area contributed by atoms with Gasteiger partial charge in [0.15, 0.2) is 0 Å². The molecule has 0 aromatic heterocycles. The van der Waals surface area contributed by atoms with Crippen LogP contribution < -0.4 is 0 Å². The van der Waals surface area contributed by atoms with Crippen molar-refractivity contribution in [3.8, 4) is 6.07 Å². The fourth-order valence-corrected chi connectivity index (χ4v) is 2.72. The van der Waals surface area contributed by atoms with Crippen molar-refractivity contribution in [2.24, 2.45) is 5.92 Å². The quantitative estimate of drug-likeness (QED) is 0.633. The van der Waals surface area contributed by atoms with Crippen molar-refractivity contribution in [3.05, 3.63) is 0 Å². The molecule has 2 rings (SSSR count). The first-order valence-corrected chi connectivity index (χ1v) is 5.56. The van der Waals surface area contributed by atoms with Gasteiger partial charge >= 0.3 is 0 Å². The second-order valence-electron chi connectivity index (χ2n) is 4.40. The second-order valence-corrected chi connectivity index (χ2v) is 4.40. The molecule has 3 heteroatoms. The van der Waals surface area contributed by atoms with Gasteiger partial charge in [0.1, 0.15) is 0 Å². The molecule has 1 aliphatic carbocycles. The van der Waals surface area contributed by atoms with Crippen LogP contribution in [0.5, 0.6) is 0 Å². The first-order chi connectivity index (χ1) is 6.83. The topological polar surface area (TPSA) is 36.3 Å². The zero-order chi connectivity index (χ0) is 9.97. The van der Waals surface area contributed by atoms with Gasteiger partial charge in [0, 0.05) is 18.6 Å². The Balaban J connectivity index is 2.02. The van der Waals surface area contributed by atoms with Crippen molar-refractivity contribution in [2.75, 3.05) is 19.8 Å². The van der Waals surface area contributed by atoms with Crippen LogP contribution in [0.3, 0.4) is 0 Å². The molecule has 78 valence electrons. The summed E-state index contributed by atoms with van der Waals surface area (Å²) in [6, 6.07) is 3.44. The maximum absolute atomic E-state index is 9.05. The number of morpholine rings is 1. The second kappa shape index (κ2) is 4.29. The smallest absolute Gasteiger partial charge is 0.0672 e. The first-order valence-electron chi connectivity index (χ1n) is 5.56. The monoisotopic (exact) mass is 194 g/mol. The van der Waals surface area contributed by atoms with E-state index in [9.17, 15) is 0 Å². The molecule has 3 atom stereocenters. The van der Waals surface area contributed by atoms with E-state index in [-0.39, 0.29) is 5.92 Å². The Morgan fingerprint density at radius 1 is 1.43 bits per heavy atom. The number of rotatable bonds is 1. The molecule has 3 unspecified atom stereocenters. The highest BCUT2D eigenvalue weighted by Gasteiger charge is 2.35. The Kier molecular flexibility index (Phi) is 3.05. The number of nitrogens with zero attached hydrogens (tertiary/aromatic N) is 2. The molecule has 0 aromatic carbocycles. The summed E-state index contributed by atoms with van der Waals surface area (Å²) in [5.74, 6) is 0.260. The average molecular weight is 194 g/mol. The van der Waals surface area contributed by atoms with Gasteiger partial charge in [-0.15, -0.1) is 0 Å². The largest absolute Gasteiger partial charge is 0.379 e. The van der Waals surface area contributed by atoms with Crippen molar-refractivity contribution in [1.82, 2.24) is 4.90 Å². The highest BCUT2D eigenvalue weighted by Crippen LogP contribution is 2.31. The maximum atomic E-state index is 9.05. The Hall–Kier alpha value is -0.590. The van der Waals surface area contributed by atoms with Crippen LogP contribution in [0.2, 0.25) is 0 Å². The molecule has 3 nitrogen and oxygen atoms in total. The van der Waals surface area contributed by atoms with Gasteiger partial charge in [-0.2, -0.15) is 5.26 Å². The molecule has 0 N–H and O–H groups in total. The molecular weight excluding hydrogens is 176 g/mol. The lowest BCUT2D eigenvalue weighted by molar-refractivity contribution is -0.0256. The standard InChI is InChI=1S/C11H18N2O/c1-9-8-14-6-5-13(9)11-4-2-3-10(11)7-12/h9-11H,2-6,8H2,1H3. The minimum absolute atomic E-state index is 0.260. The van der Waals surface area contributed by atoms with Crippen LogP contribution in [0, 0.1) is 17.2 Å². The predicted molar refractivity (Wildman–Crippen MR) is 53.7 cm³/mol. The van der Waals surface area contributed by atoms with E-state index in [0.29, 0.717) is 12.1 Å². The van der Waals surface area contributed by atoms with Gasteiger partial charge in [-0.25, -0.2) is 0 Å². The van der Waals surface area contributed by atoms with Gasteiger partial charge < -0.3 is 4.74 Å². The van der Waals surface area contributed by atoms with Gasteiger partial charge in [0.05, 0.1) is 25.2 Å². The fourth-order valence-electron chi connectivity index (χ4n) is 2.72. The molecular formula is C11H18N2O. The average Bonchev–Trinajstić information content (AvgIpc) is 2.66. The molecule has 1 aliphatic heterocycles. The molecule has 14 heavy (non-hydrogen) atoms. The highest BCUT2D eigenvalue weighted by molar-refractivity contribution is 4.99. The number of nitriles is 1. The fraction of sp³-hybridized carbons (Fsp3) is 0.909. The SMILES string of the molecule is CC1COCCN1C1CCCC1C#N. The summed E-state index contributed by atoms with van der Waals surface area (Å²) < 4.78 is 5.42. The van der Waals surface area contributed by atoms with Crippen LogP contribution in [0.4, 0.5) is 0 Å². The van der Waals surface area contributed by atoms with Crippen LogP contribution in [-0.4, -0.2) is 36.7 Å². The lowest BCUT2D eigenvalue weighted by Crippen LogP contribution is -2.50. The summed E-state index contributed by atoms with van der Waals surface area (Å²) in [4.78, 5) is 2.48. The molecule has 1 saturated heterocycles. The third kappa shape index (κ3) is 1.77. The summed E-state index contributed by atoms with van der Waals surface area (Å²) in [5.41, 5.74) is 0. The van der Waals surface area contributed by atoms with Gasteiger partial charge in [-0.1, -0.05) is 6.42 Å². The van der Waals surface area contributed by atoms with E-state index in [1.807, 2.05) is 0 Å². The van der Waals surface area contributed by atoms with E-state index in [2.05, 4.69) is 17.9 Å². The number of ether oxygens (including phenoxy) is 1. The predicted octanol–water partition coefficient (Wildman–Crippen LogP) is 1.40. The summed E-state index contributed by atoms with van der Waals surface area (Å²) in [5, 5.41) is 9.05. The van der Waals surface area contributed by atoms with Crippen LogP contribution in [0.1, 0.15) is 26.2 Å². The van der Waals surface area contributed by atoms with Crippen molar-refractivity contribution < 1.29 is 4.74 Å². The normalized spacial score (nSPS) is 39.6. The van der Waals surface area contributed by atoms with Crippen molar-refractivity contribution in [3.63, 3.8) is 0 Å². The lowest BCUT2D eigenvalue weighted by Gasteiger charge is -2.38. The van der Waals surface area contributed by atoms with Gasteiger partial charge in [-0.3, -0.25) is 4.90 Å². The molecule has 0 bridgehead atoms. The minimum atomic E-state index is 0.260. The van der Waals surface area contributed by atoms with Crippen molar-refractivity contribution in [1.29, 1.82) is 5.26 Å². The number of hydrogen-bond acceptors (Lipinski definition) is 3. The Labute approximate surface area is 85.6 Å².